The van der Waals surface area contributed by atoms with Crippen LogP contribution in [0.1, 0.15) is 18.1 Å². The Labute approximate surface area is 119 Å². The Morgan fingerprint density at radius 2 is 2.29 bits per heavy atom. The van der Waals surface area contributed by atoms with Crippen molar-refractivity contribution in [2.75, 3.05) is 0 Å². The Balaban J connectivity index is 2.00. The van der Waals surface area contributed by atoms with Crippen molar-refractivity contribution in [2.45, 2.75) is 31.3 Å². The molecule has 2 N–H and O–H groups in total. The molecule has 0 amide bonds. The molecule has 2 aromatic rings. The van der Waals surface area contributed by atoms with E-state index >= 15 is 0 Å². The highest BCUT2D eigenvalue weighted by Gasteiger charge is 2.17. The lowest BCUT2D eigenvalue weighted by atomic mass is 10.4. The SMILES string of the molecule is Cc1nc(CNS(=O)(=O)c2cnn(CCC(=O)O)c2)no1. The molecule has 10 nitrogen and oxygen atoms in total. The Morgan fingerprint density at radius 3 is 2.90 bits per heavy atom. The van der Waals surface area contributed by atoms with Gasteiger partial charge in [-0.1, -0.05) is 5.16 Å². The highest BCUT2D eigenvalue weighted by Crippen LogP contribution is 2.08. The minimum absolute atomic E-state index is 0.0619. The summed E-state index contributed by atoms with van der Waals surface area (Å²) in [4.78, 5) is 14.3. The Morgan fingerprint density at radius 1 is 1.52 bits per heavy atom. The standard InChI is InChI=1S/C10H13N5O5S/c1-7-13-9(14-20-7)5-12-21(18,19)8-4-11-15(6-8)3-2-10(16)17/h4,6,12H,2-3,5H2,1H3,(H,16,17). The quantitative estimate of drug-likeness (QED) is 0.698. The number of sulfonamides is 1. The molecule has 0 aliphatic heterocycles. The summed E-state index contributed by atoms with van der Waals surface area (Å²) in [5, 5.41) is 15.9. The number of carboxylic acid groups (broad SMARTS) is 1. The molecule has 0 fully saturated rings. The predicted octanol–water partition coefficient (Wildman–Crippen LogP) is -0.472. The lowest BCUT2D eigenvalue weighted by Gasteiger charge is -2.01. The van der Waals surface area contributed by atoms with Gasteiger partial charge in [0.15, 0.2) is 5.82 Å². The van der Waals surface area contributed by atoms with Crippen LogP contribution >= 0.6 is 0 Å². The maximum absolute atomic E-state index is 12.0. The highest BCUT2D eigenvalue weighted by molar-refractivity contribution is 7.89. The number of aromatic nitrogens is 4. The number of rotatable bonds is 7. The van der Waals surface area contributed by atoms with Gasteiger partial charge in [-0.15, -0.1) is 0 Å². The lowest BCUT2D eigenvalue weighted by Crippen LogP contribution is -2.23. The van der Waals surface area contributed by atoms with Gasteiger partial charge < -0.3 is 9.63 Å². The van der Waals surface area contributed by atoms with E-state index in [1.165, 1.54) is 10.9 Å². The zero-order valence-electron chi connectivity index (χ0n) is 11.1. The zero-order valence-corrected chi connectivity index (χ0v) is 11.9. The number of nitrogens with one attached hydrogen (secondary N) is 1. The first-order valence-corrected chi connectivity index (χ1v) is 7.38. The van der Waals surface area contributed by atoms with Crippen LogP contribution in [0, 0.1) is 6.92 Å². The molecule has 0 unspecified atom stereocenters. The van der Waals surface area contributed by atoms with Gasteiger partial charge >= 0.3 is 5.97 Å². The Kier molecular flexibility index (Phi) is 4.33. The van der Waals surface area contributed by atoms with Crippen molar-refractivity contribution in [3.8, 4) is 0 Å². The second kappa shape index (κ2) is 6.01. The third kappa shape index (κ3) is 4.10. The first-order valence-electron chi connectivity index (χ1n) is 5.90. The van der Waals surface area contributed by atoms with Crippen molar-refractivity contribution in [3.05, 3.63) is 24.1 Å². The molecule has 2 heterocycles. The molecule has 2 aromatic heterocycles. The normalized spacial score (nSPS) is 11.7. The number of aryl methyl sites for hydroxylation is 2. The van der Waals surface area contributed by atoms with Gasteiger partial charge in [-0.05, 0) is 0 Å². The van der Waals surface area contributed by atoms with Crippen LogP contribution in [0.15, 0.2) is 21.8 Å². The monoisotopic (exact) mass is 315 g/mol. The minimum Gasteiger partial charge on any atom is -0.481 e. The van der Waals surface area contributed by atoms with Crippen LogP contribution in [0.5, 0.6) is 0 Å². The maximum atomic E-state index is 12.0. The van der Waals surface area contributed by atoms with Crippen molar-refractivity contribution < 1.29 is 22.8 Å². The third-order valence-corrected chi connectivity index (χ3v) is 3.82. The second-order valence-corrected chi connectivity index (χ2v) is 5.90. The first-order chi connectivity index (χ1) is 9.87. The van der Waals surface area contributed by atoms with Gasteiger partial charge in [0.05, 0.1) is 25.7 Å². The summed E-state index contributed by atoms with van der Waals surface area (Å²) in [6.07, 6.45) is 2.26. The van der Waals surface area contributed by atoms with Crippen LogP contribution in [-0.2, 0) is 27.9 Å². The molecule has 2 rings (SSSR count). The summed E-state index contributed by atoms with van der Waals surface area (Å²) in [7, 11) is -3.77. The summed E-state index contributed by atoms with van der Waals surface area (Å²) < 4.78 is 32.3. The molecule has 21 heavy (non-hydrogen) atoms. The summed E-state index contributed by atoms with van der Waals surface area (Å²) in [6.45, 7) is 1.58. The lowest BCUT2D eigenvalue weighted by molar-refractivity contribution is -0.137. The van der Waals surface area contributed by atoms with Gasteiger partial charge in [0.1, 0.15) is 4.90 Å². The van der Waals surface area contributed by atoms with Crippen molar-refractivity contribution in [1.82, 2.24) is 24.6 Å². The van der Waals surface area contributed by atoms with Crippen LogP contribution in [0.2, 0.25) is 0 Å². The average Bonchev–Trinajstić information content (AvgIpc) is 3.03. The molecule has 114 valence electrons. The molecule has 0 saturated carbocycles. The Bertz CT molecular complexity index is 735. The largest absolute Gasteiger partial charge is 0.481 e. The smallest absolute Gasteiger partial charge is 0.305 e. The molecule has 0 spiro atoms. The van der Waals surface area contributed by atoms with Crippen LogP contribution in [0.25, 0.3) is 0 Å². The number of hydrogen-bond donors (Lipinski definition) is 2. The fourth-order valence-corrected chi connectivity index (χ4v) is 2.40. The van der Waals surface area contributed by atoms with Gasteiger partial charge in [0, 0.05) is 13.1 Å². The van der Waals surface area contributed by atoms with Gasteiger partial charge in [0.2, 0.25) is 15.9 Å². The number of carbonyl (C=O) groups is 1. The van der Waals surface area contributed by atoms with Gasteiger partial charge in [0.25, 0.3) is 0 Å². The third-order valence-electron chi connectivity index (χ3n) is 2.46. The predicted molar refractivity (Wildman–Crippen MR) is 67.5 cm³/mol. The van der Waals surface area contributed by atoms with E-state index in [0.29, 0.717) is 5.89 Å². The molecule has 0 radical (unpaired) electrons. The number of hydrogen-bond acceptors (Lipinski definition) is 7. The molecule has 11 heteroatoms. The highest BCUT2D eigenvalue weighted by atomic mass is 32.2. The van der Waals surface area contributed by atoms with Crippen LogP contribution in [0.4, 0.5) is 0 Å². The zero-order chi connectivity index (χ0) is 15.5. The van der Waals surface area contributed by atoms with Crippen molar-refractivity contribution in [3.63, 3.8) is 0 Å². The fourth-order valence-electron chi connectivity index (χ4n) is 1.47. The molecular weight excluding hydrogens is 302 g/mol. The van der Waals surface area contributed by atoms with E-state index in [2.05, 4.69) is 20.0 Å². The van der Waals surface area contributed by atoms with Crippen LogP contribution < -0.4 is 4.72 Å². The minimum atomic E-state index is -3.77. The number of carboxylic acids is 1. The van der Waals surface area contributed by atoms with Crippen LogP contribution in [-0.4, -0.2) is 39.4 Å². The molecule has 0 saturated heterocycles. The van der Waals surface area contributed by atoms with E-state index in [1.807, 2.05) is 0 Å². The number of aliphatic carboxylic acids is 1. The van der Waals surface area contributed by atoms with Crippen LogP contribution in [0.3, 0.4) is 0 Å². The van der Waals surface area contributed by atoms with Gasteiger partial charge in [-0.3, -0.25) is 9.48 Å². The van der Waals surface area contributed by atoms with E-state index in [9.17, 15) is 13.2 Å². The molecule has 0 aliphatic carbocycles. The summed E-state index contributed by atoms with van der Waals surface area (Å²) in [5.74, 6) is -0.430. The van der Waals surface area contributed by atoms with E-state index in [-0.39, 0.29) is 30.2 Å². The summed E-state index contributed by atoms with van der Waals surface area (Å²) >= 11 is 0. The van der Waals surface area contributed by atoms with E-state index in [0.717, 1.165) is 6.20 Å². The molecule has 0 aromatic carbocycles. The summed E-state index contributed by atoms with van der Waals surface area (Å²) in [6, 6.07) is 0. The average molecular weight is 315 g/mol. The maximum Gasteiger partial charge on any atom is 0.305 e. The molecule has 0 atom stereocenters. The van der Waals surface area contributed by atoms with Crippen molar-refractivity contribution in [1.29, 1.82) is 0 Å². The van der Waals surface area contributed by atoms with Gasteiger partial charge in [-0.2, -0.15) is 10.1 Å². The number of nitrogens with zero attached hydrogens (tertiary/aromatic N) is 4. The molecular formula is C10H13N5O5S. The van der Waals surface area contributed by atoms with Gasteiger partial charge in [-0.25, -0.2) is 13.1 Å². The fraction of sp³-hybridized carbons (Fsp3) is 0.400. The Hall–Kier alpha value is -2.27. The van der Waals surface area contributed by atoms with E-state index in [4.69, 9.17) is 9.63 Å². The van der Waals surface area contributed by atoms with Crippen molar-refractivity contribution in [2.24, 2.45) is 0 Å². The second-order valence-electron chi connectivity index (χ2n) is 4.14. The topological polar surface area (TPSA) is 140 Å². The molecule has 0 bridgehead atoms. The first kappa shape index (κ1) is 15.1. The van der Waals surface area contributed by atoms with E-state index < -0.39 is 16.0 Å². The van der Waals surface area contributed by atoms with E-state index in [1.54, 1.807) is 6.92 Å². The summed E-state index contributed by atoms with van der Waals surface area (Å²) in [5.41, 5.74) is 0. The molecule has 0 aliphatic rings. The van der Waals surface area contributed by atoms with Crippen molar-refractivity contribution >= 4 is 16.0 Å².